The fraction of sp³-hybridized carbons (Fsp3) is 0.353. The lowest BCUT2D eigenvalue weighted by Gasteiger charge is -2.24. The average molecular weight is 386 g/mol. The van der Waals surface area contributed by atoms with Crippen molar-refractivity contribution < 1.29 is 14.6 Å². The smallest absolute Gasteiger partial charge is 0.353 e. The Labute approximate surface area is 157 Å². The number of carboxylic acids is 1. The lowest BCUT2D eigenvalue weighted by molar-refractivity contribution is 0.0690. The molecule has 0 bridgehead atoms. The van der Waals surface area contributed by atoms with E-state index in [4.69, 9.17) is 9.84 Å². The molecule has 0 saturated heterocycles. The van der Waals surface area contributed by atoms with E-state index in [9.17, 15) is 14.4 Å². The van der Waals surface area contributed by atoms with Crippen molar-refractivity contribution in [2.75, 3.05) is 0 Å². The summed E-state index contributed by atoms with van der Waals surface area (Å²) in [4.78, 5) is 39.3. The van der Waals surface area contributed by atoms with Gasteiger partial charge in [-0.25, -0.2) is 9.59 Å². The molecule has 0 unspecified atom stereocenters. The highest BCUT2D eigenvalue weighted by atomic mass is 16.5. The Morgan fingerprint density at radius 2 is 2.11 bits per heavy atom. The summed E-state index contributed by atoms with van der Waals surface area (Å²) in [5, 5.41) is 20.2. The van der Waals surface area contributed by atoms with E-state index in [1.165, 1.54) is 6.07 Å². The van der Waals surface area contributed by atoms with E-state index in [0.717, 1.165) is 11.3 Å². The molecule has 11 heteroatoms. The Bertz CT molecular complexity index is 1220. The van der Waals surface area contributed by atoms with Gasteiger partial charge in [0.15, 0.2) is 0 Å². The van der Waals surface area contributed by atoms with Gasteiger partial charge in [0.25, 0.3) is 5.56 Å². The van der Waals surface area contributed by atoms with Crippen molar-refractivity contribution in [1.29, 1.82) is 0 Å². The van der Waals surface area contributed by atoms with Crippen LogP contribution in [0.1, 0.15) is 34.4 Å². The van der Waals surface area contributed by atoms with Gasteiger partial charge in [-0.2, -0.15) is 10.2 Å². The molecular weight excluding hydrogens is 368 g/mol. The summed E-state index contributed by atoms with van der Waals surface area (Å²) in [5.41, 5.74) is 1.21. The third-order valence-electron chi connectivity index (χ3n) is 4.83. The fourth-order valence-corrected chi connectivity index (χ4v) is 3.58. The van der Waals surface area contributed by atoms with Gasteiger partial charge in [0.1, 0.15) is 11.3 Å². The molecule has 0 fully saturated rings. The van der Waals surface area contributed by atoms with Gasteiger partial charge >= 0.3 is 11.7 Å². The van der Waals surface area contributed by atoms with Crippen LogP contribution in [0.15, 0.2) is 15.7 Å². The van der Waals surface area contributed by atoms with Crippen LogP contribution in [0.4, 0.5) is 0 Å². The zero-order valence-electron chi connectivity index (χ0n) is 15.4. The molecule has 0 spiro atoms. The van der Waals surface area contributed by atoms with E-state index >= 15 is 0 Å². The predicted octanol–water partition coefficient (Wildman–Crippen LogP) is 0.359. The van der Waals surface area contributed by atoms with Crippen LogP contribution in [-0.4, -0.2) is 46.6 Å². The Morgan fingerprint density at radius 3 is 2.79 bits per heavy atom. The van der Waals surface area contributed by atoms with Crippen LogP contribution in [0.2, 0.25) is 0 Å². The topological polar surface area (TPSA) is 159 Å². The largest absolute Gasteiger partial charge is 0.477 e. The lowest BCUT2D eigenvalue weighted by atomic mass is 10.0. The van der Waals surface area contributed by atoms with Crippen LogP contribution >= 0.6 is 0 Å². The molecule has 4 N–H and O–H groups in total. The van der Waals surface area contributed by atoms with E-state index in [-0.39, 0.29) is 11.6 Å². The Balaban J connectivity index is 1.66. The molecule has 0 aliphatic carbocycles. The number of nitrogens with one attached hydrogen (secondary N) is 3. The maximum absolute atomic E-state index is 12.0. The first-order chi connectivity index (χ1) is 13.2. The average Bonchev–Trinajstić information content (AvgIpc) is 3.25. The highest BCUT2D eigenvalue weighted by Gasteiger charge is 2.39. The standard InChI is InChI=1S/C17H18N6O5/c1-7-12(10-4-11(15(25)26)21-20-10)8(2)23(22-7)6-17(3)5-9-13(24)18-16(27)19-14(9)28-17/h4H,5-6H2,1-3H3,(H,20,21)(H,25,26)(H2,18,19,24,27)/t17-/m0/s1. The van der Waals surface area contributed by atoms with Crippen molar-refractivity contribution in [3.05, 3.63) is 49.5 Å². The van der Waals surface area contributed by atoms with Crippen LogP contribution in [0.3, 0.4) is 0 Å². The van der Waals surface area contributed by atoms with Crippen molar-refractivity contribution >= 4 is 5.97 Å². The molecule has 0 saturated carbocycles. The molecule has 0 aromatic carbocycles. The molecule has 0 amide bonds. The summed E-state index contributed by atoms with van der Waals surface area (Å²) in [6.07, 6.45) is 0.313. The third-order valence-corrected chi connectivity index (χ3v) is 4.83. The fourth-order valence-electron chi connectivity index (χ4n) is 3.58. The number of hydrogen-bond donors (Lipinski definition) is 4. The van der Waals surface area contributed by atoms with Crippen molar-refractivity contribution in [3.8, 4) is 17.1 Å². The lowest BCUT2D eigenvalue weighted by Crippen LogP contribution is -2.37. The second-order valence-corrected chi connectivity index (χ2v) is 7.12. The monoisotopic (exact) mass is 386 g/mol. The molecule has 4 heterocycles. The number of fused-ring (bicyclic) bond motifs is 1. The summed E-state index contributed by atoms with van der Waals surface area (Å²) in [5.74, 6) is -0.915. The Hall–Kier alpha value is -3.63. The van der Waals surface area contributed by atoms with Gasteiger partial charge < -0.3 is 9.84 Å². The summed E-state index contributed by atoms with van der Waals surface area (Å²) in [7, 11) is 0. The minimum atomic E-state index is -1.09. The number of rotatable bonds is 4. The molecule has 28 heavy (non-hydrogen) atoms. The van der Waals surface area contributed by atoms with E-state index in [2.05, 4.69) is 25.3 Å². The van der Waals surface area contributed by atoms with Gasteiger partial charge in [0.05, 0.1) is 23.5 Å². The zero-order valence-corrected chi connectivity index (χ0v) is 15.4. The van der Waals surface area contributed by atoms with Crippen molar-refractivity contribution in [2.24, 2.45) is 0 Å². The van der Waals surface area contributed by atoms with E-state index in [1.807, 2.05) is 20.8 Å². The van der Waals surface area contributed by atoms with E-state index in [1.54, 1.807) is 4.68 Å². The van der Waals surface area contributed by atoms with E-state index in [0.29, 0.717) is 29.9 Å². The van der Waals surface area contributed by atoms with Gasteiger partial charge in [-0.1, -0.05) is 0 Å². The molecule has 0 radical (unpaired) electrons. The number of ether oxygens (including phenoxy) is 1. The third kappa shape index (κ3) is 2.80. The summed E-state index contributed by atoms with van der Waals surface area (Å²) in [6.45, 7) is 5.82. The highest BCUT2D eigenvalue weighted by Crippen LogP contribution is 2.33. The van der Waals surface area contributed by atoms with Crippen molar-refractivity contribution in [3.63, 3.8) is 0 Å². The summed E-state index contributed by atoms with van der Waals surface area (Å²) in [6, 6.07) is 1.46. The van der Waals surface area contributed by atoms with Crippen molar-refractivity contribution in [1.82, 2.24) is 29.9 Å². The number of carboxylic acid groups (broad SMARTS) is 1. The number of hydrogen-bond acceptors (Lipinski definition) is 6. The first kappa shape index (κ1) is 17.8. The molecular formula is C17H18N6O5. The maximum Gasteiger partial charge on any atom is 0.353 e. The van der Waals surface area contributed by atoms with Crippen LogP contribution in [-0.2, 0) is 13.0 Å². The highest BCUT2D eigenvalue weighted by molar-refractivity contribution is 5.87. The van der Waals surface area contributed by atoms with Gasteiger partial charge in [-0.15, -0.1) is 0 Å². The minimum absolute atomic E-state index is 0.00809. The van der Waals surface area contributed by atoms with Crippen LogP contribution in [0.25, 0.3) is 11.3 Å². The molecule has 11 nitrogen and oxygen atoms in total. The second-order valence-electron chi connectivity index (χ2n) is 7.12. The Kier molecular flexibility index (Phi) is 3.77. The predicted molar refractivity (Wildman–Crippen MR) is 96.7 cm³/mol. The number of carbonyl (C=O) groups is 1. The summed E-state index contributed by atoms with van der Waals surface area (Å²) >= 11 is 0. The van der Waals surface area contributed by atoms with Crippen molar-refractivity contribution in [2.45, 2.75) is 39.3 Å². The van der Waals surface area contributed by atoms with Gasteiger partial charge in [-0.05, 0) is 26.8 Å². The summed E-state index contributed by atoms with van der Waals surface area (Å²) < 4.78 is 7.60. The van der Waals surface area contributed by atoms with Crippen LogP contribution in [0.5, 0.6) is 5.88 Å². The first-order valence-corrected chi connectivity index (χ1v) is 8.54. The van der Waals surface area contributed by atoms with E-state index < -0.39 is 22.8 Å². The van der Waals surface area contributed by atoms with Gasteiger partial charge in [0.2, 0.25) is 5.88 Å². The molecule has 4 rings (SSSR count). The minimum Gasteiger partial charge on any atom is -0.477 e. The van der Waals surface area contributed by atoms with Crippen LogP contribution in [0, 0.1) is 13.8 Å². The second kappa shape index (κ2) is 5.94. The quantitative estimate of drug-likeness (QED) is 0.504. The van der Waals surface area contributed by atoms with Gasteiger partial charge in [-0.3, -0.25) is 24.5 Å². The molecule has 3 aromatic rings. The normalized spacial score (nSPS) is 18.1. The van der Waals surface area contributed by atoms with Gasteiger partial charge in [0, 0.05) is 17.7 Å². The molecule has 1 atom stereocenters. The number of aromatic nitrogens is 6. The molecule has 1 aliphatic rings. The maximum atomic E-state index is 12.0. The van der Waals surface area contributed by atoms with Crippen LogP contribution < -0.4 is 16.0 Å². The molecule has 3 aromatic heterocycles. The Morgan fingerprint density at radius 1 is 1.36 bits per heavy atom. The number of aromatic amines is 3. The molecule has 146 valence electrons. The molecule has 1 aliphatic heterocycles. The number of aryl methyl sites for hydroxylation is 1. The number of nitrogens with zero attached hydrogens (tertiary/aromatic N) is 3. The number of aromatic carboxylic acids is 1. The zero-order chi connectivity index (χ0) is 20.2. The first-order valence-electron chi connectivity index (χ1n) is 8.54. The number of H-pyrrole nitrogens is 3. The SMILES string of the molecule is Cc1nn(C[C@]2(C)Cc3c([nH]c(=O)[nH]c3=O)O2)c(C)c1-c1cc(C(=O)O)[nH]n1.